The van der Waals surface area contributed by atoms with Crippen molar-refractivity contribution in [1.82, 2.24) is 0 Å². The van der Waals surface area contributed by atoms with Gasteiger partial charge in [0.05, 0.1) is 0 Å². The van der Waals surface area contributed by atoms with Crippen molar-refractivity contribution >= 4 is 10.8 Å². The minimum atomic E-state index is -0.559. The van der Waals surface area contributed by atoms with Crippen LogP contribution >= 0.6 is 0 Å². The maximum Gasteiger partial charge on any atom is 0.213 e. The van der Waals surface area contributed by atoms with Gasteiger partial charge in [-0.2, -0.15) is 0 Å². The van der Waals surface area contributed by atoms with Gasteiger partial charge < -0.3 is 0 Å². The second-order valence-corrected chi connectivity index (χ2v) is 12.2. The number of pyridine rings is 1. The second kappa shape index (κ2) is 11.3. The fraction of sp³-hybridized carbons (Fsp3) is 0.325. The molecule has 206 valence electrons. The molecule has 41 heavy (non-hydrogen) atoms. The Balaban J connectivity index is 1.29. The molecule has 0 saturated heterocycles. The van der Waals surface area contributed by atoms with Crippen molar-refractivity contribution in [2.75, 3.05) is 0 Å². The van der Waals surface area contributed by atoms with Gasteiger partial charge >= 0.3 is 0 Å². The zero-order valence-electron chi connectivity index (χ0n) is 26.5. The van der Waals surface area contributed by atoms with Crippen molar-refractivity contribution in [1.29, 1.82) is 0 Å². The van der Waals surface area contributed by atoms with Crippen LogP contribution in [0.2, 0.25) is 0 Å². The average molecular weight is 539 g/mol. The molecule has 7 rings (SSSR count). The van der Waals surface area contributed by atoms with E-state index in [1.54, 1.807) is 0 Å². The smallest absolute Gasteiger partial charge is 0.201 e. The molecule has 0 amide bonds. The van der Waals surface area contributed by atoms with E-state index >= 15 is 0 Å². The normalized spacial score (nSPS) is 18.7. The van der Waals surface area contributed by atoms with Crippen LogP contribution in [-0.4, -0.2) is 0 Å². The monoisotopic (exact) mass is 538 g/mol. The molecule has 0 unspecified atom stereocenters. The van der Waals surface area contributed by atoms with Gasteiger partial charge in [-0.05, 0) is 107 Å². The number of rotatable bonds is 5. The Bertz CT molecular complexity index is 1790. The molecule has 1 aromatic heterocycles. The zero-order valence-corrected chi connectivity index (χ0v) is 24.5. The van der Waals surface area contributed by atoms with E-state index < -0.39 is 11.8 Å². The first kappa shape index (κ1) is 23.9. The summed E-state index contributed by atoms with van der Waals surface area (Å²) in [6.45, 7) is 2.18. The molecule has 2 fully saturated rings. The van der Waals surface area contributed by atoms with Gasteiger partial charge in [0.15, 0.2) is 6.20 Å². The van der Waals surface area contributed by atoms with E-state index in [0.717, 1.165) is 62.5 Å². The summed E-state index contributed by atoms with van der Waals surface area (Å²) < 4.78 is 20.7. The Kier molecular flexibility index (Phi) is 6.59. The molecule has 0 aliphatic heterocycles. The third kappa shape index (κ3) is 5.23. The number of aromatic nitrogens is 1. The summed E-state index contributed by atoms with van der Waals surface area (Å²) in [5.74, 6) is -0.962. The van der Waals surface area contributed by atoms with Crippen LogP contribution in [0, 0.1) is 6.92 Å². The highest BCUT2D eigenvalue weighted by atomic mass is 14.9. The first-order valence-electron chi connectivity index (χ1n) is 16.6. The molecule has 2 saturated carbocycles. The Morgan fingerprint density at radius 1 is 0.610 bits per heavy atom. The lowest BCUT2D eigenvalue weighted by Crippen LogP contribution is -2.32. The van der Waals surface area contributed by atoms with Crippen molar-refractivity contribution < 1.29 is 7.31 Å². The average Bonchev–Trinajstić information content (AvgIpc) is 3.49. The van der Waals surface area contributed by atoms with Crippen LogP contribution in [0.15, 0.2) is 97.2 Å². The van der Waals surface area contributed by atoms with Gasteiger partial charge in [0.2, 0.25) is 5.69 Å². The highest BCUT2D eigenvalue weighted by Crippen LogP contribution is 2.40. The molecule has 2 aliphatic rings. The molecule has 0 radical (unpaired) electrons. The molecule has 0 atom stereocenters. The summed E-state index contributed by atoms with van der Waals surface area (Å²) in [5, 5.41) is 2.44. The number of nitrogens with zero attached hydrogens (tertiary/aromatic N) is 1. The minimum Gasteiger partial charge on any atom is -0.201 e. The molecule has 2 aliphatic carbocycles. The van der Waals surface area contributed by atoms with Gasteiger partial charge in [0.1, 0.15) is 7.05 Å². The van der Waals surface area contributed by atoms with Crippen molar-refractivity contribution in [2.24, 2.45) is 7.05 Å². The van der Waals surface area contributed by atoms with Crippen LogP contribution in [0.4, 0.5) is 0 Å². The quantitative estimate of drug-likeness (QED) is 0.196. The number of benzene rings is 4. The zero-order chi connectivity index (χ0) is 29.6. The van der Waals surface area contributed by atoms with Gasteiger partial charge in [-0.25, -0.2) is 4.57 Å². The maximum absolute atomic E-state index is 9.61. The first-order chi connectivity index (χ1) is 20.8. The molecule has 1 nitrogen and oxygen atoms in total. The van der Waals surface area contributed by atoms with Crippen LogP contribution < -0.4 is 4.57 Å². The lowest BCUT2D eigenvalue weighted by Gasteiger charge is -2.24. The Hall–Kier alpha value is -3.71. The van der Waals surface area contributed by atoms with Gasteiger partial charge in [-0.3, -0.25) is 0 Å². The van der Waals surface area contributed by atoms with Gasteiger partial charge in [0.25, 0.3) is 0 Å². The molecule has 1 heteroatoms. The van der Waals surface area contributed by atoms with Crippen LogP contribution in [0.5, 0.6) is 0 Å². The van der Waals surface area contributed by atoms with E-state index in [1.165, 1.54) is 56.3 Å². The summed E-state index contributed by atoms with van der Waals surface area (Å²) in [4.78, 5) is 0. The second-order valence-electron chi connectivity index (χ2n) is 12.2. The number of fused-ring (bicyclic) bond motifs is 1. The van der Waals surface area contributed by atoms with E-state index in [2.05, 4.69) is 116 Å². The van der Waals surface area contributed by atoms with Crippen LogP contribution in [0.3, 0.4) is 0 Å². The number of aryl methyl sites for hydroxylation is 2. The van der Waals surface area contributed by atoms with E-state index in [9.17, 15) is 1.37 Å². The van der Waals surface area contributed by atoms with Gasteiger partial charge in [-0.15, -0.1) is 0 Å². The Labute approximate surface area is 248 Å². The largest absolute Gasteiger partial charge is 0.213 e. The molecule has 0 spiro atoms. The highest BCUT2D eigenvalue weighted by Gasteiger charge is 2.25. The molecule has 0 N–H and O–H groups in total. The summed E-state index contributed by atoms with van der Waals surface area (Å²) in [6, 6.07) is 33.3. The predicted octanol–water partition coefficient (Wildman–Crippen LogP) is 10.7. The Morgan fingerprint density at radius 2 is 1.22 bits per heavy atom. The van der Waals surface area contributed by atoms with Crippen molar-refractivity contribution in [2.45, 2.75) is 76.5 Å². The van der Waals surface area contributed by atoms with Crippen LogP contribution in [0.1, 0.15) is 89.0 Å². The molecule has 4 aromatic carbocycles. The van der Waals surface area contributed by atoms with Gasteiger partial charge in [0, 0.05) is 19.9 Å². The van der Waals surface area contributed by atoms with E-state index in [4.69, 9.17) is 1.37 Å². The predicted molar refractivity (Wildman–Crippen MR) is 173 cm³/mol. The summed E-state index contributed by atoms with van der Waals surface area (Å²) in [5.41, 5.74) is 10.8. The number of hydrogen-bond acceptors (Lipinski definition) is 0. The lowest BCUT2D eigenvalue weighted by molar-refractivity contribution is -0.660. The topological polar surface area (TPSA) is 3.88 Å². The van der Waals surface area contributed by atoms with E-state index in [0.29, 0.717) is 0 Å². The molecule has 5 aromatic rings. The lowest BCUT2D eigenvalue weighted by atomic mass is 9.81. The highest BCUT2D eigenvalue weighted by molar-refractivity contribution is 5.91. The van der Waals surface area contributed by atoms with Crippen LogP contribution in [-0.2, 0) is 7.05 Å². The van der Waals surface area contributed by atoms with Crippen molar-refractivity contribution in [3.8, 4) is 33.5 Å². The Morgan fingerprint density at radius 3 is 1.95 bits per heavy atom. The standard InChI is InChI=1S/C40H42N/c1-28-10-6-9-15-37(28)40-26-38(39(27-41(40)2)32-13-4-3-5-14-32)36-23-22-34-24-33(20-21-35(34)25-36)31-18-16-30(17-19-31)29-11-7-8-12-29/h6,9-10,15-27,29,32H,3-5,7-8,11-14H2,1-2H3/q+1/i29D,32D. The minimum absolute atomic E-state index is 0.403. The van der Waals surface area contributed by atoms with Crippen LogP contribution in [0.25, 0.3) is 44.3 Å². The summed E-state index contributed by atoms with van der Waals surface area (Å²) in [7, 11) is 2.13. The summed E-state index contributed by atoms with van der Waals surface area (Å²) >= 11 is 0. The van der Waals surface area contributed by atoms with Gasteiger partial charge in [-0.1, -0.05) is 98.8 Å². The first-order valence-corrected chi connectivity index (χ1v) is 15.6. The van der Waals surface area contributed by atoms with Crippen molar-refractivity contribution in [3.63, 3.8) is 0 Å². The van der Waals surface area contributed by atoms with E-state index in [1.807, 2.05) is 0 Å². The maximum atomic E-state index is 9.61. The fourth-order valence-corrected chi connectivity index (χ4v) is 7.13. The molecular formula is C40H42N+. The molecular weight excluding hydrogens is 494 g/mol. The number of hydrogen-bond donors (Lipinski definition) is 0. The third-order valence-corrected chi connectivity index (χ3v) is 9.52. The SMILES string of the molecule is [2H]C1(c2ccc(-c3ccc4cc(-c5cc(-c6ccccc6C)[n+](C)cc5C5([2H])CCCCC5)ccc4c3)cc2)CCCC1. The molecule has 0 bridgehead atoms. The molecule has 1 heterocycles. The third-order valence-electron chi connectivity index (χ3n) is 9.52. The fourth-order valence-electron chi connectivity index (χ4n) is 7.13. The van der Waals surface area contributed by atoms with E-state index in [-0.39, 0.29) is 0 Å². The van der Waals surface area contributed by atoms with Crippen molar-refractivity contribution in [3.05, 3.63) is 114 Å². The summed E-state index contributed by atoms with van der Waals surface area (Å²) in [6.07, 6.45) is 11.8.